The van der Waals surface area contributed by atoms with Gasteiger partial charge >= 0.3 is 0 Å². The van der Waals surface area contributed by atoms with E-state index in [1.165, 1.54) is 64.0 Å². The topological polar surface area (TPSA) is 0 Å². The Kier molecular flexibility index (Phi) is 4.48. The molecule has 0 atom stereocenters. The fourth-order valence-corrected chi connectivity index (χ4v) is 6.55. The SMILES string of the molecule is Clc1ccc(-c2cc3ccccc3c3ccccc23)c(-c2cccc3sc4ccccc4c23)c1. The van der Waals surface area contributed by atoms with Crippen molar-refractivity contribution in [2.45, 2.75) is 0 Å². The molecular formula is C32H19ClS. The van der Waals surface area contributed by atoms with Crippen molar-refractivity contribution in [3.8, 4) is 22.3 Å². The van der Waals surface area contributed by atoms with E-state index >= 15 is 0 Å². The fourth-order valence-electron chi connectivity index (χ4n) is 5.25. The van der Waals surface area contributed by atoms with Gasteiger partial charge in [0.2, 0.25) is 0 Å². The number of benzene rings is 6. The van der Waals surface area contributed by atoms with E-state index in [0.717, 1.165) is 5.02 Å². The monoisotopic (exact) mass is 470 g/mol. The van der Waals surface area contributed by atoms with Crippen LogP contribution in [0.1, 0.15) is 0 Å². The lowest BCUT2D eigenvalue weighted by molar-refractivity contribution is 1.64. The van der Waals surface area contributed by atoms with Crippen molar-refractivity contribution in [1.82, 2.24) is 0 Å². The van der Waals surface area contributed by atoms with Gasteiger partial charge in [-0.25, -0.2) is 0 Å². The van der Waals surface area contributed by atoms with Gasteiger partial charge in [-0.2, -0.15) is 0 Å². The molecule has 0 saturated heterocycles. The maximum absolute atomic E-state index is 6.61. The molecule has 1 heterocycles. The summed E-state index contributed by atoms with van der Waals surface area (Å²) in [5.74, 6) is 0. The number of hydrogen-bond donors (Lipinski definition) is 0. The van der Waals surface area contributed by atoms with E-state index in [4.69, 9.17) is 11.6 Å². The average molecular weight is 471 g/mol. The van der Waals surface area contributed by atoms with Gasteiger partial charge in [0.25, 0.3) is 0 Å². The van der Waals surface area contributed by atoms with Gasteiger partial charge in [0.15, 0.2) is 0 Å². The molecule has 0 unspecified atom stereocenters. The highest BCUT2D eigenvalue weighted by molar-refractivity contribution is 7.25. The Bertz CT molecular complexity index is 1880. The Morgan fingerprint density at radius 1 is 0.441 bits per heavy atom. The van der Waals surface area contributed by atoms with E-state index in [9.17, 15) is 0 Å². The molecule has 0 radical (unpaired) electrons. The summed E-state index contributed by atoms with van der Waals surface area (Å²) in [6, 6.07) is 41.3. The third-order valence-corrected chi connectivity index (χ3v) is 8.10. The van der Waals surface area contributed by atoms with E-state index in [1.807, 2.05) is 17.4 Å². The van der Waals surface area contributed by atoms with Crippen LogP contribution in [0.25, 0.3) is 64.0 Å². The second-order valence-corrected chi connectivity index (χ2v) is 10.2. The van der Waals surface area contributed by atoms with E-state index in [-0.39, 0.29) is 0 Å². The average Bonchev–Trinajstić information content (AvgIpc) is 3.27. The van der Waals surface area contributed by atoms with E-state index < -0.39 is 0 Å². The fraction of sp³-hybridized carbons (Fsp3) is 0. The Balaban J connectivity index is 1.61. The van der Waals surface area contributed by atoms with Crippen LogP contribution >= 0.6 is 22.9 Å². The molecular weight excluding hydrogens is 452 g/mol. The summed E-state index contributed by atoms with van der Waals surface area (Å²) in [4.78, 5) is 0. The zero-order valence-electron chi connectivity index (χ0n) is 18.3. The van der Waals surface area contributed by atoms with Crippen molar-refractivity contribution >= 4 is 64.7 Å². The highest BCUT2D eigenvalue weighted by atomic mass is 35.5. The second-order valence-electron chi connectivity index (χ2n) is 8.66. The van der Waals surface area contributed by atoms with Crippen molar-refractivity contribution in [1.29, 1.82) is 0 Å². The molecule has 0 aliphatic rings. The van der Waals surface area contributed by atoms with Gasteiger partial charge < -0.3 is 0 Å². The smallest absolute Gasteiger partial charge is 0.0412 e. The van der Waals surface area contributed by atoms with Crippen LogP contribution in [0.4, 0.5) is 0 Å². The van der Waals surface area contributed by atoms with Gasteiger partial charge in [0, 0.05) is 25.2 Å². The molecule has 0 nitrogen and oxygen atoms in total. The molecule has 0 spiro atoms. The van der Waals surface area contributed by atoms with Crippen molar-refractivity contribution in [3.63, 3.8) is 0 Å². The maximum Gasteiger partial charge on any atom is 0.0412 e. The van der Waals surface area contributed by atoms with E-state index in [0.29, 0.717) is 0 Å². The summed E-state index contributed by atoms with van der Waals surface area (Å²) in [6.45, 7) is 0. The van der Waals surface area contributed by atoms with Gasteiger partial charge in [-0.15, -0.1) is 11.3 Å². The van der Waals surface area contributed by atoms with E-state index in [2.05, 4.69) is 109 Å². The summed E-state index contributed by atoms with van der Waals surface area (Å²) in [6.07, 6.45) is 0. The van der Waals surface area contributed by atoms with Crippen LogP contribution in [0.15, 0.2) is 115 Å². The molecule has 0 saturated carbocycles. The van der Waals surface area contributed by atoms with Gasteiger partial charge in [0.1, 0.15) is 0 Å². The molecule has 2 heteroatoms. The van der Waals surface area contributed by atoms with Crippen molar-refractivity contribution in [2.75, 3.05) is 0 Å². The zero-order chi connectivity index (χ0) is 22.6. The molecule has 0 aliphatic heterocycles. The lowest BCUT2D eigenvalue weighted by Gasteiger charge is -2.16. The molecule has 0 amide bonds. The Morgan fingerprint density at radius 2 is 1.15 bits per heavy atom. The zero-order valence-corrected chi connectivity index (χ0v) is 19.8. The minimum absolute atomic E-state index is 0.750. The van der Waals surface area contributed by atoms with Gasteiger partial charge in [-0.1, -0.05) is 96.5 Å². The number of halogens is 1. The molecule has 7 aromatic rings. The third kappa shape index (κ3) is 2.98. The first-order chi connectivity index (χ1) is 16.8. The largest absolute Gasteiger partial charge is 0.135 e. The van der Waals surface area contributed by atoms with Gasteiger partial charge in [-0.05, 0) is 74.1 Å². The first kappa shape index (κ1) is 19.8. The quantitative estimate of drug-likeness (QED) is 0.220. The predicted molar refractivity (Wildman–Crippen MR) is 150 cm³/mol. The predicted octanol–water partition coefficient (Wildman–Crippen LogP) is 10.3. The van der Waals surface area contributed by atoms with Crippen LogP contribution in [-0.4, -0.2) is 0 Å². The number of rotatable bonds is 2. The number of hydrogen-bond acceptors (Lipinski definition) is 1. The minimum Gasteiger partial charge on any atom is -0.135 e. The van der Waals surface area contributed by atoms with E-state index in [1.54, 1.807) is 0 Å². The summed E-state index contributed by atoms with van der Waals surface area (Å²) in [5, 5.41) is 8.41. The standard InChI is InChI=1S/C32H19ClS/c33-21-16-17-25(28-18-20-8-1-2-9-22(20)23-10-3-4-11-24(23)28)29(19-21)26-13-7-15-31-32(26)27-12-5-6-14-30(27)34-31/h1-19H. The molecule has 34 heavy (non-hydrogen) atoms. The summed E-state index contributed by atoms with van der Waals surface area (Å²) < 4.78 is 2.61. The Labute approximate surface area is 206 Å². The Hall–Kier alpha value is -3.65. The number of thiophene rings is 1. The van der Waals surface area contributed by atoms with Crippen LogP contribution in [0, 0.1) is 0 Å². The molecule has 0 N–H and O–H groups in total. The summed E-state index contributed by atoms with van der Waals surface area (Å²) >= 11 is 8.46. The van der Waals surface area contributed by atoms with Crippen LogP contribution in [-0.2, 0) is 0 Å². The Morgan fingerprint density at radius 3 is 2.03 bits per heavy atom. The molecule has 0 aliphatic carbocycles. The maximum atomic E-state index is 6.61. The van der Waals surface area contributed by atoms with Gasteiger partial charge in [0.05, 0.1) is 0 Å². The molecule has 0 bridgehead atoms. The second kappa shape index (κ2) is 7.70. The number of fused-ring (bicyclic) bond motifs is 6. The normalized spacial score (nSPS) is 11.7. The third-order valence-electron chi connectivity index (χ3n) is 6.73. The molecule has 6 aromatic carbocycles. The first-order valence-electron chi connectivity index (χ1n) is 11.4. The highest BCUT2D eigenvalue weighted by Crippen LogP contribution is 2.45. The lowest BCUT2D eigenvalue weighted by Crippen LogP contribution is -1.89. The molecule has 1 aromatic heterocycles. The van der Waals surface area contributed by atoms with Crippen LogP contribution in [0.2, 0.25) is 5.02 Å². The molecule has 0 fully saturated rings. The first-order valence-corrected chi connectivity index (χ1v) is 12.6. The van der Waals surface area contributed by atoms with Crippen molar-refractivity contribution < 1.29 is 0 Å². The highest BCUT2D eigenvalue weighted by Gasteiger charge is 2.17. The molecule has 160 valence electrons. The summed E-state index contributed by atoms with van der Waals surface area (Å²) in [7, 11) is 0. The van der Waals surface area contributed by atoms with Crippen LogP contribution in [0.3, 0.4) is 0 Å². The molecule has 7 rings (SSSR count). The summed E-state index contributed by atoms with van der Waals surface area (Å²) in [5.41, 5.74) is 4.83. The lowest BCUT2D eigenvalue weighted by atomic mass is 9.88. The van der Waals surface area contributed by atoms with Crippen LogP contribution < -0.4 is 0 Å². The van der Waals surface area contributed by atoms with Crippen molar-refractivity contribution in [3.05, 3.63) is 120 Å². The van der Waals surface area contributed by atoms with Gasteiger partial charge in [-0.3, -0.25) is 0 Å². The minimum atomic E-state index is 0.750. The van der Waals surface area contributed by atoms with Crippen LogP contribution in [0.5, 0.6) is 0 Å². The van der Waals surface area contributed by atoms with Crippen molar-refractivity contribution in [2.24, 2.45) is 0 Å².